The first-order valence-corrected chi connectivity index (χ1v) is 5.95. The Morgan fingerprint density at radius 1 is 1.06 bits per heavy atom. The van der Waals surface area contributed by atoms with Crippen LogP contribution in [0.3, 0.4) is 0 Å². The number of nitrogens with one attached hydrogen (secondary N) is 1. The van der Waals surface area contributed by atoms with Gasteiger partial charge in [0.25, 0.3) is 5.91 Å². The summed E-state index contributed by atoms with van der Waals surface area (Å²) in [5, 5.41) is 3.39. The molecule has 92 valence electrons. The molecule has 2 aromatic rings. The van der Waals surface area contributed by atoms with Crippen LogP contribution in [0.4, 0.5) is 11.4 Å². The van der Waals surface area contributed by atoms with Crippen LogP contribution in [-0.2, 0) is 0 Å². The van der Waals surface area contributed by atoms with Crippen LogP contribution in [0.2, 0.25) is 10.0 Å². The number of benzene rings is 2. The Morgan fingerprint density at radius 3 is 2.50 bits per heavy atom. The van der Waals surface area contributed by atoms with Gasteiger partial charge >= 0.3 is 0 Å². The zero-order valence-electron chi connectivity index (χ0n) is 9.28. The van der Waals surface area contributed by atoms with E-state index in [1.165, 1.54) is 0 Å². The normalized spacial score (nSPS) is 10.1. The summed E-state index contributed by atoms with van der Waals surface area (Å²) in [7, 11) is 0. The van der Waals surface area contributed by atoms with E-state index < -0.39 is 0 Å². The van der Waals surface area contributed by atoms with Gasteiger partial charge in [0, 0.05) is 0 Å². The molecule has 0 heterocycles. The number of nitrogen functional groups attached to an aromatic ring is 1. The molecule has 0 aromatic heterocycles. The number of nitrogens with two attached hydrogens (primary N) is 1. The van der Waals surface area contributed by atoms with Crippen LogP contribution in [0.15, 0.2) is 42.5 Å². The highest BCUT2D eigenvalue weighted by Crippen LogP contribution is 2.26. The van der Waals surface area contributed by atoms with Crippen LogP contribution in [0.25, 0.3) is 0 Å². The molecule has 0 bridgehead atoms. The summed E-state index contributed by atoms with van der Waals surface area (Å²) in [6, 6.07) is 11.9. The van der Waals surface area contributed by atoms with Gasteiger partial charge in [-0.15, -0.1) is 0 Å². The van der Waals surface area contributed by atoms with Crippen molar-refractivity contribution in [2.24, 2.45) is 0 Å². The van der Waals surface area contributed by atoms with E-state index >= 15 is 0 Å². The molecule has 1 amide bonds. The van der Waals surface area contributed by atoms with Crippen LogP contribution < -0.4 is 11.1 Å². The van der Waals surface area contributed by atoms with E-state index in [4.69, 9.17) is 28.9 Å². The Hall–Kier alpha value is -1.71. The Kier molecular flexibility index (Phi) is 3.75. The monoisotopic (exact) mass is 280 g/mol. The molecule has 0 aliphatic rings. The van der Waals surface area contributed by atoms with Gasteiger partial charge in [-0.05, 0) is 24.3 Å². The number of carbonyl (C=O) groups excluding carboxylic acids is 1. The van der Waals surface area contributed by atoms with Crippen molar-refractivity contribution in [2.75, 3.05) is 11.1 Å². The van der Waals surface area contributed by atoms with Crippen LogP contribution in [0.5, 0.6) is 0 Å². The van der Waals surface area contributed by atoms with Crippen LogP contribution >= 0.6 is 23.2 Å². The van der Waals surface area contributed by atoms with Gasteiger partial charge < -0.3 is 11.1 Å². The number of hydrogen-bond donors (Lipinski definition) is 2. The lowest BCUT2D eigenvalue weighted by molar-refractivity contribution is 0.102. The van der Waals surface area contributed by atoms with Gasteiger partial charge in [-0.3, -0.25) is 4.79 Å². The maximum atomic E-state index is 12.0. The molecule has 2 rings (SSSR count). The topological polar surface area (TPSA) is 55.1 Å². The first kappa shape index (κ1) is 12.7. The third-order valence-corrected chi connectivity index (χ3v) is 3.15. The van der Waals surface area contributed by atoms with Crippen molar-refractivity contribution in [3.63, 3.8) is 0 Å². The van der Waals surface area contributed by atoms with Crippen molar-refractivity contribution >= 4 is 40.5 Å². The van der Waals surface area contributed by atoms with Crippen molar-refractivity contribution in [1.29, 1.82) is 0 Å². The van der Waals surface area contributed by atoms with Crippen LogP contribution in [0, 0.1) is 0 Å². The molecule has 0 unspecified atom stereocenters. The molecular formula is C13H10Cl2N2O. The summed E-state index contributed by atoms with van der Waals surface area (Å²) >= 11 is 11.9. The van der Waals surface area contributed by atoms with Crippen LogP contribution in [-0.4, -0.2) is 5.91 Å². The largest absolute Gasteiger partial charge is 0.398 e. The maximum absolute atomic E-state index is 12.0. The number of halogens is 2. The molecule has 0 atom stereocenters. The number of carbonyl (C=O) groups is 1. The smallest absolute Gasteiger partial charge is 0.257 e. The van der Waals surface area contributed by atoms with Crippen molar-refractivity contribution in [2.45, 2.75) is 0 Å². The van der Waals surface area contributed by atoms with E-state index in [2.05, 4.69) is 5.32 Å². The molecule has 5 heteroatoms. The molecule has 2 aromatic carbocycles. The average Bonchev–Trinajstić information content (AvgIpc) is 2.35. The van der Waals surface area contributed by atoms with E-state index in [0.29, 0.717) is 22.0 Å². The Bertz CT molecular complexity index is 599. The van der Waals surface area contributed by atoms with Gasteiger partial charge in [-0.25, -0.2) is 0 Å². The summed E-state index contributed by atoms with van der Waals surface area (Å²) in [5.74, 6) is -0.347. The Labute approximate surface area is 115 Å². The van der Waals surface area contributed by atoms with Crippen molar-refractivity contribution in [3.8, 4) is 0 Å². The van der Waals surface area contributed by atoms with E-state index in [9.17, 15) is 4.79 Å². The second-order valence-electron chi connectivity index (χ2n) is 3.64. The number of hydrogen-bond acceptors (Lipinski definition) is 2. The molecule has 0 radical (unpaired) electrons. The molecule has 18 heavy (non-hydrogen) atoms. The van der Waals surface area contributed by atoms with Gasteiger partial charge in [0.1, 0.15) is 0 Å². The average molecular weight is 281 g/mol. The fourth-order valence-corrected chi connectivity index (χ4v) is 1.87. The fraction of sp³-hybridized carbons (Fsp3) is 0. The Morgan fingerprint density at radius 2 is 1.78 bits per heavy atom. The summed E-state index contributed by atoms with van der Waals surface area (Å²) in [6.45, 7) is 0. The first-order chi connectivity index (χ1) is 8.59. The standard InChI is InChI=1S/C13H10Cl2N2O/c14-9-5-1-2-7-11(9)17-13(18)8-4-3-6-10(16)12(8)15/h1-7H,16H2,(H,17,18). The van der Waals surface area contributed by atoms with E-state index in [1.807, 2.05) is 0 Å². The maximum Gasteiger partial charge on any atom is 0.257 e. The lowest BCUT2D eigenvalue weighted by Gasteiger charge is -2.09. The SMILES string of the molecule is Nc1cccc(C(=O)Nc2ccccc2Cl)c1Cl. The van der Waals surface area contributed by atoms with E-state index in [0.717, 1.165) is 0 Å². The molecule has 0 saturated heterocycles. The van der Waals surface area contributed by atoms with Gasteiger partial charge in [0.2, 0.25) is 0 Å². The molecule has 3 nitrogen and oxygen atoms in total. The highest BCUT2D eigenvalue weighted by molar-refractivity contribution is 6.37. The number of rotatable bonds is 2. The van der Waals surface area contributed by atoms with Gasteiger partial charge in [0.05, 0.1) is 27.0 Å². The summed E-state index contributed by atoms with van der Waals surface area (Å²) in [5.41, 5.74) is 6.85. The highest BCUT2D eigenvalue weighted by Gasteiger charge is 2.13. The minimum absolute atomic E-state index is 0.238. The molecular weight excluding hydrogens is 271 g/mol. The van der Waals surface area contributed by atoms with Crippen molar-refractivity contribution in [1.82, 2.24) is 0 Å². The van der Waals surface area contributed by atoms with Gasteiger partial charge in [0.15, 0.2) is 0 Å². The van der Waals surface area contributed by atoms with Gasteiger partial charge in [-0.2, -0.15) is 0 Å². The van der Waals surface area contributed by atoms with Crippen molar-refractivity contribution < 1.29 is 4.79 Å². The minimum atomic E-state index is -0.347. The lowest BCUT2D eigenvalue weighted by atomic mass is 10.2. The van der Waals surface area contributed by atoms with E-state index in [-0.39, 0.29) is 10.9 Å². The third kappa shape index (κ3) is 2.58. The van der Waals surface area contributed by atoms with Crippen molar-refractivity contribution in [3.05, 3.63) is 58.1 Å². The molecule has 0 fully saturated rings. The van der Waals surface area contributed by atoms with Crippen LogP contribution in [0.1, 0.15) is 10.4 Å². The highest BCUT2D eigenvalue weighted by atomic mass is 35.5. The summed E-state index contributed by atoms with van der Waals surface area (Å²) in [4.78, 5) is 12.0. The fourth-order valence-electron chi connectivity index (χ4n) is 1.48. The zero-order chi connectivity index (χ0) is 13.1. The summed E-state index contributed by atoms with van der Waals surface area (Å²) in [6.07, 6.45) is 0. The predicted molar refractivity (Wildman–Crippen MR) is 75.3 cm³/mol. The molecule has 0 saturated carbocycles. The molecule has 0 spiro atoms. The quantitative estimate of drug-likeness (QED) is 0.822. The second kappa shape index (κ2) is 5.29. The minimum Gasteiger partial charge on any atom is -0.398 e. The third-order valence-electron chi connectivity index (χ3n) is 2.40. The number of amides is 1. The number of para-hydroxylation sites is 1. The molecule has 0 aliphatic carbocycles. The second-order valence-corrected chi connectivity index (χ2v) is 4.43. The number of anilines is 2. The molecule has 0 aliphatic heterocycles. The van der Waals surface area contributed by atoms with Gasteiger partial charge in [-0.1, -0.05) is 41.4 Å². The zero-order valence-corrected chi connectivity index (χ0v) is 10.8. The summed E-state index contributed by atoms with van der Waals surface area (Å²) < 4.78 is 0. The molecule has 3 N–H and O–H groups in total. The predicted octanol–water partition coefficient (Wildman–Crippen LogP) is 3.83. The Balaban J connectivity index is 2.28. The van der Waals surface area contributed by atoms with E-state index in [1.54, 1.807) is 42.5 Å². The first-order valence-electron chi connectivity index (χ1n) is 5.19. The lowest BCUT2D eigenvalue weighted by Crippen LogP contribution is -2.13.